The van der Waals surface area contributed by atoms with Gasteiger partial charge in [-0.1, -0.05) is 5.16 Å². The monoisotopic (exact) mass is 383 g/mol. The summed E-state index contributed by atoms with van der Waals surface area (Å²) in [4.78, 5) is 31.1. The van der Waals surface area contributed by atoms with Crippen LogP contribution in [0.4, 0.5) is 0 Å². The van der Waals surface area contributed by atoms with Gasteiger partial charge in [-0.3, -0.25) is 9.59 Å². The number of carbonyl (C=O) groups excluding carboxylic acids is 2. The third-order valence-electron chi connectivity index (χ3n) is 4.59. The minimum atomic E-state index is -0.243. The van der Waals surface area contributed by atoms with Gasteiger partial charge in [-0.2, -0.15) is 16.7 Å². The van der Waals surface area contributed by atoms with Crippen LogP contribution in [0, 0.1) is 11.8 Å². The number of hydrogen-bond donors (Lipinski definition) is 2. The summed E-state index contributed by atoms with van der Waals surface area (Å²) in [5, 5.41) is 9.90. The molecular weight excluding hydrogens is 358 g/mol. The Kier molecular flexibility index (Phi) is 6.86. The Bertz CT molecular complexity index is 620. The number of piperidine rings is 1. The quantitative estimate of drug-likeness (QED) is 0.685. The molecule has 26 heavy (non-hydrogen) atoms. The highest BCUT2D eigenvalue weighted by Crippen LogP contribution is 2.20. The number of morpholine rings is 1. The summed E-state index contributed by atoms with van der Waals surface area (Å²) in [5.41, 5.74) is 0. The Labute approximate surface area is 156 Å². The van der Waals surface area contributed by atoms with E-state index in [0.29, 0.717) is 63.3 Å². The number of rotatable bonds is 6. The molecule has 2 fully saturated rings. The highest BCUT2D eigenvalue weighted by molar-refractivity contribution is 7.97. The fourth-order valence-corrected chi connectivity index (χ4v) is 3.60. The van der Waals surface area contributed by atoms with Gasteiger partial charge < -0.3 is 24.8 Å². The van der Waals surface area contributed by atoms with Crippen LogP contribution in [0.25, 0.3) is 0 Å². The summed E-state index contributed by atoms with van der Waals surface area (Å²) in [6.45, 7) is 3.81. The van der Waals surface area contributed by atoms with Crippen molar-refractivity contribution in [3.63, 3.8) is 0 Å². The van der Waals surface area contributed by atoms with E-state index in [-0.39, 0.29) is 30.2 Å². The molecule has 9 nitrogen and oxygen atoms in total. The second-order valence-corrected chi connectivity index (χ2v) is 7.35. The van der Waals surface area contributed by atoms with Crippen molar-refractivity contribution in [1.29, 1.82) is 0 Å². The fraction of sp³-hybridized carbons (Fsp3) is 0.750. The average Bonchev–Trinajstić information content (AvgIpc) is 3.14. The molecule has 0 saturated carbocycles. The lowest BCUT2D eigenvalue weighted by Crippen LogP contribution is -2.51. The number of carbonyl (C=O) groups is 2. The number of thioether (sulfide) groups is 1. The van der Waals surface area contributed by atoms with Gasteiger partial charge in [-0.25, -0.2) is 0 Å². The Hall–Kier alpha value is -1.65. The van der Waals surface area contributed by atoms with Crippen molar-refractivity contribution < 1.29 is 18.8 Å². The molecule has 3 rings (SSSR count). The van der Waals surface area contributed by atoms with Gasteiger partial charge in [-0.05, 0) is 12.7 Å². The molecule has 1 aromatic rings. The van der Waals surface area contributed by atoms with Crippen molar-refractivity contribution in [3.8, 4) is 0 Å². The Morgan fingerprint density at radius 3 is 2.85 bits per heavy atom. The smallest absolute Gasteiger partial charge is 0.246 e. The van der Waals surface area contributed by atoms with Crippen molar-refractivity contribution >= 4 is 23.6 Å². The summed E-state index contributed by atoms with van der Waals surface area (Å²) in [5.74, 6) is 1.29. The molecule has 10 heteroatoms. The SMILES string of the molecule is CSCc1noc(CNC(=O)[C@H]2CNC[C@H](C(=O)N3CCOCC3)C2)n1. The largest absolute Gasteiger partial charge is 0.378 e. The zero-order chi connectivity index (χ0) is 18.4. The lowest BCUT2D eigenvalue weighted by molar-refractivity contribution is -0.141. The standard InChI is InChI=1S/C16H25N5O4S/c1-26-10-13-19-14(25-20-13)9-18-15(22)11-6-12(8-17-7-11)16(23)21-2-4-24-5-3-21/h11-12,17H,2-10H2,1H3,(H,18,22)/t11-,12-/m1/s1. The van der Waals surface area contributed by atoms with Gasteiger partial charge in [-0.15, -0.1) is 0 Å². The van der Waals surface area contributed by atoms with Crippen LogP contribution in [0.1, 0.15) is 18.1 Å². The van der Waals surface area contributed by atoms with Gasteiger partial charge >= 0.3 is 0 Å². The third-order valence-corrected chi connectivity index (χ3v) is 5.14. The number of nitrogens with zero attached hydrogens (tertiary/aromatic N) is 3. The normalized spacial score (nSPS) is 23.7. The van der Waals surface area contributed by atoms with Gasteiger partial charge in [0, 0.05) is 26.2 Å². The molecule has 2 N–H and O–H groups in total. The number of hydrogen-bond acceptors (Lipinski definition) is 8. The van der Waals surface area contributed by atoms with E-state index >= 15 is 0 Å². The van der Waals surface area contributed by atoms with E-state index in [4.69, 9.17) is 9.26 Å². The zero-order valence-corrected chi connectivity index (χ0v) is 15.7. The van der Waals surface area contributed by atoms with Crippen LogP contribution >= 0.6 is 11.8 Å². The van der Waals surface area contributed by atoms with Gasteiger partial charge in [0.15, 0.2) is 5.82 Å². The summed E-state index contributed by atoms with van der Waals surface area (Å²) in [6, 6.07) is 0. The second-order valence-electron chi connectivity index (χ2n) is 6.48. The lowest BCUT2D eigenvalue weighted by atomic mass is 9.88. The molecule has 0 aliphatic carbocycles. The number of nitrogens with one attached hydrogen (secondary N) is 2. The molecule has 0 bridgehead atoms. The fourth-order valence-electron chi connectivity index (χ4n) is 3.23. The first-order valence-electron chi connectivity index (χ1n) is 8.82. The lowest BCUT2D eigenvalue weighted by Gasteiger charge is -2.34. The minimum absolute atomic E-state index is 0.0957. The van der Waals surface area contributed by atoms with Crippen LogP contribution in [-0.2, 0) is 26.6 Å². The molecule has 0 radical (unpaired) electrons. The van der Waals surface area contributed by atoms with Crippen LogP contribution in [0.2, 0.25) is 0 Å². The van der Waals surface area contributed by atoms with Crippen molar-refractivity contribution in [2.45, 2.75) is 18.7 Å². The Morgan fingerprint density at radius 2 is 2.08 bits per heavy atom. The summed E-state index contributed by atoms with van der Waals surface area (Å²) in [7, 11) is 0. The molecule has 0 aromatic carbocycles. The van der Waals surface area contributed by atoms with E-state index in [1.54, 1.807) is 11.8 Å². The van der Waals surface area contributed by atoms with Crippen LogP contribution < -0.4 is 10.6 Å². The third kappa shape index (κ3) is 4.95. The van der Waals surface area contributed by atoms with Crippen LogP contribution in [0.5, 0.6) is 0 Å². The average molecular weight is 383 g/mol. The summed E-state index contributed by atoms with van der Waals surface area (Å²) >= 11 is 1.61. The van der Waals surface area contributed by atoms with Gasteiger partial charge in [0.2, 0.25) is 17.7 Å². The molecule has 144 valence electrons. The Balaban J connectivity index is 1.48. The van der Waals surface area contributed by atoms with Crippen molar-refractivity contribution in [1.82, 2.24) is 25.7 Å². The van der Waals surface area contributed by atoms with E-state index in [1.165, 1.54) is 0 Å². The van der Waals surface area contributed by atoms with E-state index < -0.39 is 0 Å². The molecule has 0 spiro atoms. The zero-order valence-electron chi connectivity index (χ0n) is 14.9. The van der Waals surface area contributed by atoms with Gasteiger partial charge in [0.25, 0.3) is 0 Å². The van der Waals surface area contributed by atoms with Gasteiger partial charge in [0.1, 0.15) is 0 Å². The topological polar surface area (TPSA) is 110 Å². The molecule has 2 aliphatic rings. The maximum atomic E-state index is 12.6. The molecule has 3 heterocycles. The predicted molar refractivity (Wildman–Crippen MR) is 95.2 cm³/mol. The summed E-state index contributed by atoms with van der Waals surface area (Å²) in [6.07, 6.45) is 2.51. The molecule has 2 saturated heterocycles. The second kappa shape index (κ2) is 9.33. The molecule has 0 unspecified atom stereocenters. The molecule has 2 amide bonds. The Morgan fingerprint density at radius 1 is 1.31 bits per heavy atom. The van der Waals surface area contributed by atoms with Crippen LogP contribution in [0.15, 0.2) is 4.52 Å². The van der Waals surface area contributed by atoms with E-state index in [1.807, 2.05) is 11.2 Å². The molecule has 2 aliphatic heterocycles. The highest BCUT2D eigenvalue weighted by Gasteiger charge is 2.33. The van der Waals surface area contributed by atoms with Crippen LogP contribution in [0.3, 0.4) is 0 Å². The maximum absolute atomic E-state index is 12.6. The highest BCUT2D eigenvalue weighted by atomic mass is 32.2. The number of ether oxygens (including phenoxy) is 1. The predicted octanol–water partition coefficient (Wildman–Crippen LogP) is -0.367. The van der Waals surface area contributed by atoms with Gasteiger partial charge in [0.05, 0.1) is 37.3 Å². The van der Waals surface area contributed by atoms with E-state index in [0.717, 1.165) is 0 Å². The first-order valence-corrected chi connectivity index (χ1v) is 10.2. The van der Waals surface area contributed by atoms with Crippen molar-refractivity contribution in [2.24, 2.45) is 11.8 Å². The van der Waals surface area contributed by atoms with E-state index in [2.05, 4.69) is 20.8 Å². The summed E-state index contributed by atoms with van der Waals surface area (Å²) < 4.78 is 10.4. The van der Waals surface area contributed by atoms with Crippen molar-refractivity contribution in [2.75, 3.05) is 45.6 Å². The van der Waals surface area contributed by atoms with E-state index in [9.17, 15) is 9.59 Å². The first kappa shape index (κ1) is 19.1. The minimum Gasteiger partial charge on any atom is -0.378 e. The number of aromatic nitrogens is 2. The molecule has 1 aromatic heterocycles. The van der Waals surface area contributed by atoms with Crippen LogP contribution in [-0.4, -0.2) is 72.5 Å². The maximum Gasteiger partial charge on any atom is 0.246 e. The van der Waals surface area contributed by atoms with Crippen molar-refractivity contribution in [3.05, 3.63) is 11.7 Å². The number of amides is 2. The first-order chi connectivity index (χ1) is 12.7. The molecular formula is C16H25N5O4S. The molecule has 2 atom stereocenters.